The Morgan fingerprint density at radius 1 is 0.417 bits per heavy atom. The van der Waals surface area contributed by atoms with E-state index in [1.54, 1.807) is 7.11 Å². The normalized spacial score (nSPS) is 14.9. The molecule has 60 heavy (non-hydrogen) atoms. The zero-order chi connectivity index (χ0) is 45.2. The summed E-state index contributed by atoms with van der Waals surface area (Å²) in [5.41, 5.74) is 10.2. The van der Waals surface area contributed by atoms with Gasteiger partial charge in [-0.05, 0) is 107 Å². The molecule has 1 aliphatic rings. The Bertz CT molecular complexity index is 2190. The van der Waals surface area contributed by atoms with E-state index in [0.717, 1.165) is 61.2 Å². The Morgan fingerprint density at radius 2 is 0.733 bits per heavy atom. The first-order valence-corrected chi connectivity index (χ1v) is 21.8. The minimum absolute atomic E-state index is 0.00447. The molecule has 3 nitrogen and oxygen atoms in total. The molecular weight excluding hydrogens is 733 g/mol. The number of ether oxygens (including phenoxy) is 1. The minimum Gasteiger partial charge on any atom is -0.364 e. The molecule has 0 saturated carbocycles. The highest BCUT2D eigenvalue weighted by molar-refractivity contribution is 6.12. The summed E-state index contributed by atoms with van der Waals surface area (Å²) in [7, 11) is 1.81. The number of carbonyl (C=O) groups excluding carboxylic acids is 1. The van der Waals surface area contributed by atoms with Crippen LogP contribution in [0.2, 0.25) is 0 Å². The lowest BCUT2D eigenvalue weighted by molar-refractivity contribution is -0.114. The lowest BCUT2D eigenvalue weighted by atomic mass is 9.70. The molecule has 0 spiro atoms. The maximum absolute atomic E-state index is 14.3. The predicted molar refractivity (Wildman–Crippen MR) is 254 cm³/mol. The van der Waals surface area contributed by atoms with E-state index in [0.29, 0.717) is 0 Å². The first-order valence-electron chi connectivity index (χ1n) is 21.8. The van der Waals surface area contributed by atoms with Crippen LogP contribution in [0.25, 0.3) is 5.57 Å². The molecule has 1 radical (unpaired) electrons. The molecule has 0 amide bonds. The van der Waals surface area contributed by atoms with Crippen LogP contribution < -0.4 is 0 Å². The third-order valence-corrected chi connectivity index (χ3v) is 12.2. The van der Waals surface area contributed by atoms with E-state index < -0.39 is 27.3 Å². The molecule has 4 aromatic carbocycles. The number of benzene rings is 4. The Balaban J connectivity index is 1.90. The maximum atomic E-state index is 14.3. The standard InChI is InChI=1S/C57H73O3/c1-51(2,3)39-24-28-42(29-25-39)57(60-19,43-30-26-40(27-31-43)52(4,5)6)41-22-20-36(21-23-41)48(37-32-44(53(7,8)9)49(58)45(33-37)54(10,11)12)38-34-46(55(13,14)15)50(59)47(35-38)56(16,17)18/h20-35H,1-19H3. The molecule has 0 aromatic heterocycles. The Morgan fingerprint density at radius 3 is 1.02 bits per heavy atom. The zero-order valence-corrected chi connectivity index (χ0v) is 40.5. The highest BCUT2D eigenvalue weighted by atomic mass is 16.5. The third-order valence-electron chi connectivity index (χ3n) is 12.2. The fourth-order valence-corrected chi connectivity index (χ4v) is 8.41. The molecule has 0 fully saturated rings. The van der Waals surface area contributed by atoms with Crippen LogP contribution in [0.15, 0.2) is 114 Å². The molecule has 5 rings (SSSR count). The number of hydrogen-bond acceptors (Lipinski definition) is 2. The summed E-state index contributed by atoms with van der Waals surface area (Å²) >= 11 is 0. The molecule has 0 atom stereocenters. The number of Topliss-reactive ketones (excluding diaryl/α,β-unsaturated/α-hetero) is 1. The molecule has 0 N–H and O–H groups in total. The zero-order valence-electron chi connectivity index (χ0n) is 40.5. The van der Waals surface area contributed by atoms with Gasteiger partial charge in [0.1, 0.15) is 5.60 Å². The summed E-state index contributed by atoms with van der Waals surface area (Å²) in [5.74, 6) is 0.183. The van der Waals surface area contributed by atoms with Crippen LogP contribution >= 0.6 is 0 Å². The Hall–Kier alpha value is -4.47. The van der Waals surface area contributed by atoms with Crippen LogP contribution in [-0.4, -0.2) is 12.9 Å². The maximum Gasteiger partial charge on any atom is 0.186 e. The van der Waals surface area contributed by atoms with Crippen molar-refractivity contribution < 1.29 is 14.6 Å². The van der Waals surface area contributed by atoms with Crippen LogP contribution in [-0.2, 0) is 41.9 Å². The monoisotopic (exact) mass is 806 g/mol. The van der Waals surface area contributed by atoms with E-state index in [9.17, 15) is 9.90 Å². The van der Waals surface area contributed by atoms with Crippen molar-refractivity contribution in [2.45, 2.75) is 152 Å². The van der Waals surface area contributed by atoms with E-state index in [-0.39, 0.29) is 22.4 Å². The first-order chi connectivity index (χ1) is 27.3. The molecule has 319 valence electrons. The van der Waals surface area contributed by atoms with Crippen LogP contribution in [0.4, 0.5) is 0 Å². The molecule has 0 unspecified atom stereocenters. The van der Waals surface area contributed by atoms with Crippen molar-refractivity contribution in [3.05, 3.63) is 164 Å². The van der Waals surface area contributed by atoms with Gasteiger partial charge in [0, 0.05) is 29.4 Å². The van der Waals surface area contributed by atoms with Gasteiger partial charge in [-0.15, -0.1) is 0 Å². The molecule has 0 saturated heterocycles. The van der Waals surface area contributed by atoms with E-state index in [1.165, 1.54) is 11.1 Å². The van der Waals surface area contributed by atoms with Gasteiger partial charge in [0.25, 0.3) is 0 Å². The number of rotatable bonds is 6. The quantitative estimate of drug-likeness (QED) is 0.182. The second-order valence-electron chi connectivity index (χ2n) is 23.3. The number of hydrogen-bond donors (Lipinski definition) is 0. The smallest absolute Gasteiger partial charge is 0.186 e. The summed E-state index contributed by atoms with van der Waals surface area (Å²) in [6.07, 6.45) is 4.21. The van der Waals surface area contributed by atoms with E-state index in [2.05, 4.69) is 222 Å². The van der Waals surface area contributed by atoms with Gasteiger partial charge >= 0.3 is 0 Å². The SMILES string of the molecule is COC(c1ccc(C(=C2C=C(C(C)(C)C)C(=O)C(C(C)(C)C)=C2)c2cc(C(C)(C)C)c([O])c(C(C)(C)C)c2)cc1)(c1ccc(C(C)(C)C)cc1)c1ccc(C(C)(C)C)cc1. The van der Waals surface area contributed by atoms with E-state index >= 15 is 0 Å². The van der Waals surface area contributed by atoms with Gasteiger partial charge in [-0.3, -0.25) is 9.90 Å². The van der Waals surface area contributed by atoms with Crippen molar-refractivity contribution in [3.63, 3.8) is 0 Å². The van der Waals surface area contributed by atoms with Gasteiger partial charge in [-0.1, -0.05) is 197 Å². The lowest BCUT2D eigenvalue weighted by Gasteiger charge is -2.36. The summed E-state index contributed by atoms with van der Waals surface area (Å²) in [5, 5.41) is 14.3. The Labute approximate surface area is 364 Å². The lowest BCUT2D eigenvalue weighted by Crippen LogP contribution is -2.32. The molecule has 1 aliphatic carbocycles. The van der Waals surface area contributed by atoms with E-state index in [4.69, 9.17) is 4.74 Å². The minimum atomic E-state index is -0.905. The van der Waals surface area contributed by atoms with Crippen LogP contribution in [0.1, 0.15) is 175 Å². The van der Waals surface area contributed by atoms with Crippen LogP contribution in [0, 0.1) is 10.8 Å². The van der Waals surface area contributed by atoms with Crippen molar-refractivity contribution in [1.82, 2.24) is 0 Å². The average molecular weight is 806 g/mol. The molecule has 4 aromatic rings. The van der Waals surface area contributed by atoms with E-state index in [1.807, 2.05) is 0 Å². The second kappa shape index (κ2) is 15.8. The Kier molecular flexibility index (Phi) is 12.2. The molecule has 3 heteroatoms. The van der Waals surface area contributed by atoms with Crippen molar-refractivity contribution in [1.29, 1.82) is 0 Å². The highest BCUT2D eigenvalue weighted by Gasteiger charge is 2.39. The summed E-state index contributed by atoms with van der Waals surface area (Å²) in [6, 6.07) is 30.8. The van der Waals surface area contributed by atoms with Crippen LogP contribution in [0.5, 0.6) is 5.75 Å². The number of methoxy groups -OCH3 is 1. The summed E-state index contributed by atoms with van der Waals surface area (Å²) in [6.45, 7) is 38.8. The average Bonchev–Trinajstić information content (AvgIpc) is 3.11. The number of allylic oxidation sites excluding steroid dienone is 5. The topological polar surface area (TPSA) is 46.2 Å². The largest absolute Gasteiger partial charge is 0.364 e. The van der Waals surface area contributed by atoms with Gasteiger partial charge in [-0.2, -0.15) is 0 Å². The highest BCUT2D eigenvalue weighted by Crippen LogP contribution is 2.47. The third kappa shape index (κ3) is 9.23. The summed E-state index contributed by atoms with van der Waals surface area (Å²) in [4.78, 5) is 14.3. The van der Waals surface area contributed by atoms with Gasteiger partial charge in [0.05, 0.1) is 0 Å². The van der Waals surface area contributed by atoms with Crippen molar-refractivity contribution in [2.24, 2.45) is 10.8 Å². The number of carbonyl (C=O) groups is 1. The van der Waals surface area contributed by atoms with Gasteiger partial charge < -0.3 is 4.74 Å². The molecule has 0 heterocycles. The summed E-state index contributed by atoms with van der Waals surface area (Å²) < 4.78 is 6.78. The van der Waals surface area contributed by atoms with Gasteiger partial charge in [0.15, 0.2) is 11.5 Å². The molecule has 0 bridgehead atoms. The molecular formula is C57H73O3. The number of ketones is 1. The predicted octanol–water partition coefficient (Wildman–Crippen LogP) is 15.3. The second-order valence-corrected chi connectivity index (χ2v) is 23.3. The molecule has 0 aliphatic heterocycles. The van der Waals surface area contributed by atoms with Crippen molar-refractivity contribution in [2.75, 3.05) is 7.11 Å². The van der Waals surface area contributed by atoms with Gasteiger partial charge in [0.2, 0.25) is 0 Å². The van der Waals surface area contributed by atoms with Crippen molar-refractivity contribution >= 4 is 11.4 Å². The fraction of sp³-hybridized carbons (Fsp3) is 0.456. The van der Waals surface area contributed by atoms with Gasteiger partial charge in [-0.25, -0.2) is 0 Å². The first kappa shape index (κ1) is 46.6. The fourth-order valence-electron chi connectivity index (χ4n) is 8.41. The van der Waals surface area contributed by atoms with Crippen molar-refractivity contribution in [3.8, 4) is 5.75 Å². The van der Waals surface area contributed by atoms with Crippen LogP contribution in [0.3, 0.4) is 0 Å².